The molecular formula is C8H5BrFNO4. The summed E-state index contributed by atoms with van der Waals surface area (Å²) in [6.45, 7) is 1.27. The molecule has 0 saturated heterocycles. The third-order valence-corrected chi connectivity index (χ3v) is 2.58. The van der Waals surface area contributed by atoms with Crippen LogP contribution in [0, 0.1) is 22.9 Å². The number of nitrogens with zero attached hydrogens (tertiary/aromatic N) is 1. The number of carbonyl (C=O) groups is 1. The third kappa shape index (κ3) is 1.96. The second kappa shape index (κ2) is 3.93. The zero-order valence-corrected chi connectivity index (χ0v) is 9.04. The Kier molecular flexibility index (Phi) is 3.04. The van der Waals surface area contributed by atoms with Crippen molar-refractivity contribution in [3.05, 3.63) is 37.6 Å². The summed E-state index contributed by atoms with van der Waals surface area (Å²) in [5, 5.41) is 19.2. The van der Waals surface area contributed by atoms with E-state index in [1.54, 1.807) is 0 Å². The average Bonchev–Trinajstić information content (AvgIpc) is 2.10. The van der Waals surface area contributed by atoms with E-state index in [-0.39, 0.29) is 15.6 Å². The van der Waals surface area contributed by atoms with Gasteiger partial charge in [-0.15, -0.1) is 0 Å². The molecule has 0 unspecified atom stereocenters. The maximum absolute atomic E-state index is 13.3. The van der Waals surface area contributed by atoms with Crippen molar-refractivity contribution in [2.75, 3.05) is 0 Å². The van der Waals surface area contributed by atoms with Gasteiger partial charge in [0.2, 0.25) is 5.82 Å². The van der Waals surface area contributed by atoms with Crippen LogP contribution in [0.4, 0.5) is 10.1 Å². The van der Waals surface area contributed by atoms with E-state index in [4.69, 9.17) is 5.11 Å². The van der Waals surface area contributed by atoms with E-state index in [0.29, 0.717) is 0 Å². The number of rotatable bonds is 2. The van der Waals surface area contributed by atoms with Gasteiger partial charge < -0.3 is 5.11 Å². The van der Waals surface area contributed by atoms with Crippen LogP contribution in [0.3, 0.4) is 0 Å². The zero-order valence-electron chi connectivity index (χ0n) is 7.45. The first-order valence-corrected chi connectivity index (χ1v) is 4.51. The van der Waals surface area contributed by atoms with Crippen molar-refractivity contribution in [3.63, 3.8) is 0 Å². The number of hydrogen-bond acceptors (Lipinski definition) is 3. The lowest BCUT2D eigenvalue weighted by molar-refractivity contribution is -0.388. The van der Waals surface area contributed by atoms with E-state index in [1.165, 1.54) is 6.92 Å². The highest BCUT2D eigenvalue weighted by Crippen LogP contribution is 2.33. The molecule has 1 aromatic carbocycles. The van der Waals surface area contributed by atoms with E-state index >= 15 is 0 Å². The SMILES string of the molecule is Cc1cc(C(=O)O)c(Br)c([N+](=O)[O-])c1F. The Hall–Kier alpha value is -1.50. The molecule has 5 nitrogen and oxygen atoms in total. The lowest BCUT2D eigenvalue weighted by Crippen LogP contribution is -2.04. The molecule has 0 heterocycles. The molecule has 15 heavy (non-hydrogen) atoms. The van der Waals surface area contributed by atoms with E-state index in [2.05, 4.69) is 15.9 Å². The maximum atomic E-state index is 13.3. The van der Waals surface area contributed by atoms with E-state index in [9.17, 15) is 19.3 Å². The molecule has 0 atom stereocenters. The Bertz CT molecular complexity index is 460. The van der Waals surface area contributed by atoms with Crippen molar-refractivity contribution in [1.82, 2.24) is 0 Å². The van der Waals surface area contributed by atoms with Crippen molar-refractivity contribution in [3.8, 4) is 0 Å². The smallest absolute Gasteiger partial charge is 0.337 e. The van der Waals surface area contributed by atoms with Crippen LogP contribution in [-0.2, 0) is 0 Å². The van der Waals surface area contributed by atoms with Gasteiger partial charge >= 0.3 is 11.7 Å². The minimum atomic E-state index is -1.35. The fraction of sp³-hybridized carbons (Fsp3) is 0.125. The third-order valence-electron chi connectivity index (χ3n) is 1.77. The number of aromatic carboxylic acids is 1. The monoisotopic (exact) mass is 277 g/mol. The molecule has 0 saturated carbocycles. The van der Waals surface area contributed by atoms with Gasteiger partial charge in [0, 0.05) is 0 Å². The fourth-order valence-corrected chi connectivity index (χ4v) is 1.67. The lowest BCUT2D eigenvalue weighted by atomic mass is 10.1. The number of aryl methyl sites for hydroxylation is 1. The molecule has 1 aromatic rings. The van der Waals surface area contributed by atoms with Gasteiger partial charge in [0.25, 0.3) is 0 Å². The molecule has 80 valence electrons. The molecular weight excluding hydrogens is 273 g/mol. The zero-order chi connectivity index (χ0) is 11.7. The van der Waals surface area contributed by atoms with E-state index < -0.39 is 22.4 Å². The Morgan fingerprint density at radius 2 is 2.20 bits per heavy atom. The highest BCUT2D eigenvalue weighted by Gasteiger charge is 2.26. The summed E-state index contributed by atoms with van der Waals surface area (Å²) in [4.78, 5) is 20.2. The topological polar surface area (TPSA) is 80.4 Å². The molecule has 0 amide bonds. The molecule has 0 aliphatic rings. The fourth-order valence-electron chi connectivity index (χ4n) is 1.07. The number of halogens is 2. The van der Waals surface area contributed by atoms with Crippen LogP contribution >= 0.6 is 15.9 Å². The van der Waals surface area contributed by atoms with Crippen molar-refractivity contribution in [2.24, 2.45) is 0 Å². The molecule has 1 N–H and O–H groups in total. The number of carboxylic acid groups (broad SMARTS) is 1. The van der Waals surface area contributed by atoms with Gasteiger partial charge in [0.05, 0.1) is 10.5 Å². The van der Waals surface area contributed by atoms with Gasteiger partial charge in [0.1, 0.15) is 4.47 Å². The van der Waals surface area contributed by atoms with Crippen LogP contribution < -0.4 is 0 Å². The molecule has 7 heteroatoms. The average molecular weight is 278 g/mol. The Labute approximate surface area is 91.8 Å². The van der Waals surface area contributed by atoms with Crippen LogP contribution in [0.5, 0.6) is 0 Å². The second-order valence-electron chi connectivity index (χ2n) is 2.78. The summed E-state index contributed by atoms with van der Waals surface area (Å²) in [5.74, 6) is -2.38. The molecule has 0 aromatic heterocycles. The molecule has 1 rings (SSSR count). The van der Waals surface area contributed by atoms with Crippen molar-refractivity contribution >= 4 is 27.6 Å². The van der Waals surface area contributed by atoms with Crippen LogP contribution in [-0.4, -0.2) is 16.0 Å². The number of benzene rings is 1. The van der Waals surface area contributed by atoms with Crippen LogP contribution in [0.15, 0.2) is 10.5 Å². The van der Waals surface area contributed by atoms with Crippen LogP contribution in [0.25, 0.3) is 0 Å². The summed E-state index contributed by atoms with van der Waals surface area (Å²) in [6.07, 6.45) is 0. The summed E-state index contributed by atoms with van der Waals surface area (Å²) in [7, 11) is 0. The Morgan fingerprint density at radius 3 is 2.60 bits per heavy atom. The van der Waals surface area contributed by atoms with Gasteiger partial charge in [-0.25, -0.2) is 4.79 Å². The van der Waals surface area contributed by atoms with E-state index in [1.807, 2.05) is 0 Å². The Morgan fingerprint density at radius 1 is 1.67 bits per heavy atom. The summed E-state index contributed by atoms with van der Waals surface area (Å²) < 4.78 is 12.9. The lowest BCUT2D eigenvalue weighted by Gasteiger charge is -2.04. The van der Waals surface area contributed by atoms with Crippen molar-refractivity contribution in [1.29, 1.82) is 0 Å². The van der Waals surface area contributed by atoms with Gasteiger partial charge in [0.15, 0.2) is 0 Å². The van der Waals surface area contributed by atoms with Crippen LogP contribution in [0.1, 0.15) is 15.9 Å². The number of carboxylic acids is 1. The second-order valence-corrected chi connectivity index (χ2v) is 3.57. The van der Waals surface area contributed by atoms with Crippen molar-refractivity contribution in [2.45, 2.75) is 6.92 Å². The number of nitro groups is 1. The molecule has 0 radical (unpaired) electrons. The molecule has 0 aliphatic heterocycles. The molecule has 0 fully saturated rings. The Balaban J connectivity index is 3.63. The van der Waals surface area contributed by atoms with Crippen molar-refractivity contribution < 1.29 is 19.2 Å². The summed E-state index contributed by atoms with van der Waals surface area (Å²) in [6, 6.07) is 1.04. The summed E-state index contributed by atoms with van der Waals surface area (Å²) >= 11 is 2.70. The first kappa shape index (κ1) is 11.6. The van der Waals surface area contributed by atoms with Gasteiger partial charge in [-0.1, -0.05) is 0 Å². The van der Waals surface area contributed by atoms with Gasteiger partial charge in [-0.05, 0) is 34.5 Å². The minimum absolute atomic E-state index is 0.0812. The normalized spacial score (nSPS) is 10.1. The first-order chi connectivity index (χ1) is 6.86. The predicted octanol–water partition coefficient (Wildman–Crippen LogP) is 2.50. The number of nitro benzene ring substituents is 1. The highest BCUT2D eigenvalue weighted by atomic mass is 79.9. The quantitative estimate of drug-likeness (QED) is 0.665. The largest absolute Gasteiger partial charge is 0.478 e. The predicted molar refractivity (Wildman–Crippen MR) is 52.5 cm³/mol. The van der Waals surface area contributed by atoms with Gasteiger partial charge in [-0.2, -0.15) is 4.39 Å². The van der Waals surface area contributed by atoms with Crippen LogP contribution in [0.2, 0.25) is 0 Å². The standard InChI is InChI=1S/C8H5BrFNO4/c1-3-2-4(8(12)13)5(9)7(6(3)10)11(14)15/h2H,1H3,(H,12,13). The molecule has 0 aliphatic carbocycles. The molecule has 0 bridgehead atoms. The number of hydrogen-bond donors (Lipinski definition) is 1. The first-order valence-electron chi connectivity index (χ1n) is 3.72. The summed E-state index contributed by atoms with van der Waals surface area (Å²) in [5.41, 5.74) is -1.27. The maximum Gasteiger partial charge on any atom is 0.337 e. The van der Waals surface area contributed by atoms with E-state index in [0.717, 1.165) is 6.07 Å². The molecule has 0 spiro atoms. The van der Waals surface area contributed by atoms with Gasteiger partial charge in [-0.3, -0.25) is 10.1 Å². The minimum Gasteiger partial charge on any atom is -0.478 e. The highest BCUT2D eigenvalue weighted by molar-refractivity contribution is 9.10.